The minimum absolute atomic E-state index is 0.0211. The van der Waals surface area contributed by atoms with Crippen molar-refractivity contribution in [2.45, 2.75) is 80.1 Å². The van der Waals surface area contributed by atoms with Gasteiger partial charge in [-0.3, -0.25) is 4.90 Å². The summed E-state index contributed by atoms with van der Waals surface area (Å²) in [5.74, 6) is -9.78. The molecular weight excluding hydrogens is 915 g/mol. The molecule has 0 aromatic heterocycles. The molecule has 380 valence electrons. The van der Waals surface area contributed by atoms with Crippen molar-refractivity contribution in [2.24, 2.45) is 16.2 Å². The molecule has 0 radical (unpaired) electrons. The minimum Gasteiger partial charge on any atom is -0.477 e. The van der Waals surface area contributed by atoms with E-state index in [0.717, 1.165) is 0 Å². The lowest BCUT2D eigenvalue weighted by Gasteiger charge is -2.34. The summed E-state index contributed by atoms with van der Waals surface area (Å²) in [6.45, 7) is 29.8. The number of aliphatic carboxylic acids is 6. The van der Waals surface area contributed by atoms with Crippen LogP contribution in [0.15, 0.2) is 67.5 Å². The maximum atomic E-state index is 11.8. The summed E-state index contributed by atoms with van der Waals surface area (Å²) in [5, 5.41) is 77.1. The molecule has 0 saturated carbocycles. The number of hydrogen-bond acceptors (Lipinski definition) is 14. The first kappa shape index (κ1) is 57.3. The van der Waals surface area contributed by atoms with Crippen molar-refractivity contribution in [3.05, 3.63) is 90.3 Å². The van der Waals surface area contributed by atoms with Crippen molar-refractivity contribution < 1.29 is 73.6 Å². The van der Waals surface area contributed by atoms with Crippen LogP contribution in [0, 0.1) is 40.7 Å². The van der Waals surface area contributed by atoms with Gasteiger partial charge in [-0.15, -0.1) is 0 Å². The van der Waals surface area contributed by atoms with Gasteiger partial charge in [-0.05, 0) is 71.5 Å². The van der Waals surface area contributed by atoms with Gasteiger partial charge in [-0.2, -0.15) is 5.26 Å². The highest BCUT2D eigenvalue weighted by molar-refractivity contribution is 6.15. The van der Waals surface area contributed by atoms with Gasteiger partial charge in [0.15, 0.2) is 0 Å². The standard InChI is InChI=1S/C48H63N7O15/c1-46(2)21-28(35(40(56)57)41(58)59)31(27-49)32(24-46)52-9-15-68-18-12-55(13-19-69-16-10-53-33-25-47(3,4)22-29(38(33)50-7)36(42(60)61)43(62)63)14-20-70-17-11-54-34-26-48(5,6)23-30(39(34)51-8)37(44(64)65)45(66)67/h52-54H,9-26H2,1-6H3,(H,56,57)(H,58,59)(H,60,61)(H,62,63)(H,64,65)(H,66,67). The number of nitriles is 1. The minimum atomic E-state index is -1.64. The molecule has 9 N–H and O–H groups in total. The van der Waals surface area contributed by atoms with Crippen molar-refractivity contribution in [3.63, 3.8) is 0 Å². The molecule has 0 heterocycles. The average molecular weight is 978 g/mol. The number of ether oxygens (including phenoxy) is 3. The van der Waals surface area contributed by atoms with Crippen LogP contribution in [0.3, 0.4) is 0 Å². The largest absolute Gasteiger partial charge is 0.477 e. The highest BCUT2D eigenvalue weighted by atomic mass is 16.5. The molecule has 0 unspecified atom stereocenters. The fraction of sp³-hybridized carbons (Fsp3) is 0.562. The molecule has 3 aliphatic carbocycles. The molecule has 0 aliphatic heterocycles. The Hall–Kier alpha value is -7.03. The number of nitrogens with zero attached hydrogens (tertiary/aromatic N) is 4. The first-order valence-corrected chi connectivity index (χ1v) is 22.4. The van der Waals surface area contributed by atoms with Gasteiger partial charge in [0.25, 0.3) is 0 Å². The van der Waals surface area contributed by atoms with E-state index in [1.54, 1.807) is 0 Å². The molecule has 0 bridgehead atoms. The molecular formula is C48H63N7O15. The first-order valence-electron chi connectivity index (χ1n) is 22.4. The van der Waals surface area contributed by atoms with Crippen LogP contribution in [0.1, 0.15) is 80.1 Å². The van der Waals surface area contributed by atoms with E-state index in [9.17, 15) is 64.7 Å². The van der Waals surface area contributed by atoms with Crippen molar-refractivity contribution in [2.75, 3.05) is 78.9 Å². The molecule has 0 atom stereocenters. The van der Waals surface area contributed by atoms with E-state index in [2.05, 4.69) is 25.6 Å². The maximum Gasteiger partial charge on any atom is 0.343 e. The molecule has 22 nitrogen and oxygen atoms in total. The van der Waals surface area contributed by atoms with Crippen molar-refractivity contribution >= 4 is 35.8 Å². The van der Waals surface area contributed by atoms with E-state index < -0.39 is 68.8 Å². The molecule has 0 spiro atoms. The third-order valence-corrected chi connectivity index (χ3v) is 11.6. The normalized spacial score (nSPS) is 17.2. The van der Waals surface area contributed by atoms with Gasteiger partial charge in [0, 0.05) is 56.4 Å². The summed E-state index contributed by atoms with van der Waals surface area (Å²) in [4.78, 5) is 80.1. The number of carboxylic acid groups (broad SMARTS) is 6. The fourth-order valence-electron chi connectivity index (χ4n) is 8.69. The molecule has 22 heteroatoms. The summed E-state index contributed by atoms with van der Waals surface area (Å²) in [6, 6.07) is 1.98. The maximum absolute atomic E-state index is 11.8. The number of nitrogens with one attached hydrogen (secondary N) is 3. The summed E-state index contributed by atoms with van der Waals surface area (Å²) in [7, 11) is 0. The van der Waals surface area contributed by atoms with E-state index in [1.165, 1.54) is 0 Å². The Morgan fingerprint density at radius 1 is 0.514 bits per heavy atom. The Morgan fingerprint density at radius 3 is 1.10 bits per heavy atom. The van der Waals surface area contributed by atoms with Crippen LogP contribution in [0.2, 0.25) is 0 Å². The van der Waals surface area contributed by atoms with Crippen LogP contribution in [0.4, 0.5) is 0 Å². The van der Waals surface area contributed by atoms with Crippen molar-refractivity contribution in [3.8, 4) is 6.07 Å². The molecule has 3 rings (SSSR count). The quantitative estimate of drug-likeness (QED) is 0.0185. The van der Waals surface area contributed by atoms with Gasteiger partial charge in [0.1, 0.15) is 22.8 Å². The van der Waals surface area contributed by atoms with E-state index >= 15 is 0 Å². The van der Waals surface area contributed by atoms with Crippen molar-refractivity contribution in [1.29, 1.82) is 5.26 Å². The van der Waals surface area contributed by atoms with E-state index in [-0.39, 0.29) is 112 Å². The van der Waals surface area contributed by atoms with Crippen LogP contribution in [-0.4, -0.2) is 150 Å². The first-order chi connectivity index (χ1) is 32.8. The fourth-order valence-corrected chi connectivity index (χ4v) is 8.69. The SMILES string of the molecule is [C-]#[N+]C1=C(NCCOCCN(CCOCCNC2=C(C#N)C(=C(C(=O)O)C(=O)O)CC(C)(C)C2)CCOCCNC2=C([N+]#[C-])C(=C(C(=O)O)C(=O)O)CC(C)(C)C2)CC(C)(C)CC1=C(C(=O)O)C(=O)O. The second-order valence-corrected chi connectivity index (χ2v) is 19.2. The van der Waals surface area contributed by atoms with Gasteiger partial charge >= 0.3 is 35.8 Å². The Labute approximate surface area is 406 Å². The topological polar surface area (TPSA) is 323 Å². The zero-order valence-corrected chi connectivity index (χ0v) is 40.4. The zero-order chi connectivity index (χ0) is 52.6. The van der Waals surface area contributed by atoms with Crippen LogP contribution in [0.25, 0.3) is 9.69 Å². The van der Waals surface area contributed by atoms with Crippen LogP contribution >= 0.6 is 0 Å². The second-order valence-electron chi connectivity index (χ2n) is 19.2. The van der Waals surface area contributed by atoms with Gasteiger partial charge in [-0.1, -0.05) is 41.5 Å². The van der Waals surface area contributed by atoms with Crippen molar-refractivity contribution in [1.82, 2.24) is 20.9 Å². The molecule has 70 heavy (non-hydrogen) atoms. The third kappa shape index (κ3) is 16.3. The Kier molecular flexibility index (Phi) is 20.9. The lowest BCUT2D eigenvalue weighted by Crippen LogP contribution is -2.36. The van der Waals surface area contributed by atoms with Crippen LogP contribution < -0.4 is 16.0 Å². The Bertz CT molecular complexity index is 2090. The molecule has 0 aromatic carbocycles. The van der Waals surface area contributed by atoms with Crippen LogP contribution in [0.5, 0.6) is 0 Å². The smallest absolute Gasteiger partial charge is 0.343 e. The third-order valence-electron chi connectivity index (χ3n) is 11.6. The zero-order valence-electron chi connectivity index (χ0n) is 40.4. The molecule has 0 aromatic rings. The van der Waals surface area contributed by atoms with Gasteiger partial charge in [0.2, 0.25) is 11.4 Å². The highest BCUT2D eigenvalue weighted by Gasteiger charge is 2.39. The summed E-state index contributed by atoms with van der Waals surface area (Å²) in [5.41, 5.74) is -3.08. The molecule has 3 aliphatic rings. The number of allylic oxidation sites excluding steroid dienone is 7. The second kappa shape index (κ2) is 25.5. The average Bonchev–Trinajstić information content (AvgIpc) is 3.22. The van der Waals surface area contributed by atoms with Crippen LogP contribution in [-0.2, 0) is 43.0 Å². The lowest BCUT2D eigenvalue weighted by atomic mass is 9.72. The number of rotatable bonds is 27. The van der Waals surface area contributed by atoms with E-state index in [1.807, 2.05) is 52.5 Å². The van der Waals surface area contributed by atoms with E-state index in [0.29, 0.717) is 56.0 Å². The highest BCUT2D eigenvalue weighted by Crippen LogP contribution is 2.45. The van der Waals surface area contributed by atoms with Gasteiger partial charge < -0.3 is 60.8 Å². The Morgan fingerprint density at radius 2 is 0.800 bits per heavy atom. The molecule has 0 saturated heterocycles. The molecule has 0 amide bonds. The Balaban J connectivity index is 1.67. The number of hydrogen-bond donors (Lipinski definition) is 9. The summed E-state index contributed by atoms with van der Waals surface area (Å²) >= 11 is 0. The lowest BCUT2D eigenvalue weighted by molar-refractivity contribution is -0.142. The predicted octanol–water partition coefficient (Wildman–Crippen LogP) is 4.00. The predicted molar refractivity (Wildman–Crippen MR) is 249 cm³/mol. The summed E-state index contributed by atoms with van der Waals surface area (Å²) < 4.78 is 17.7. The number of carboxylic acids is 6. The van der Waals surface area contributed by atoms with Gasteiger partial charge in [-0.25, -0.2) is 38.5 Å². The monoisotopic (exact) mass is 977 g/mol. The molecule has 0 fully saturated rings. The van der Waals surface area contributed by atoms with E-state index in [4.69, 9.17) is 27.4 Å². The number of carbonyl (C=O) groups is 6. The van der Waals surface area contributed by atoms with Gasteiger partial charge in [0.05, 0.1) is 58.4 Å². The summed E-state index contributed by atoms with van der Waals surface area (Å²) in [6.07, 6.45) is 1.42.